The van der Waals surface area contributed by atoms with Crippen molar-refractivity contribution in [2.75, 3.05) is 25.0 Å². The highest BCUT2D eigenvalue weighted by molar-refractivity contribution is 5.94. The van der Waals surface area contributed by atoms with Gasteiger partial charge in [0.1, 0.15) is 5.76 Å². The molecule has 0 saturated heterocycles. The van der Waals surface area contributed by atoms with Gasteiger partial charge in [-0.05, 0) is 19.9 Å². The van der Waals surface area contributed by atoms with Gasteiger partial charge in [-0.15, -0.1) is 0 Å². The van der Waals surface area contributed by atoms with Crippen LogP contribution in [0.2, 0.25) is 0 Å². The van der Waals surface area contributed by atoms with E-state index >= 15 is 0 Å². The Labute approximate surface area is 120 Å². The van der Waals surface area contributed by atoms with Gasteiger partial charge in [-0.2, -0.15) is 0 Å². The number of aryl methyl sites for hydroxylation is 1. The van der Waals surface area contributed by atoms with E-state index in [-0.39, 0.29) is 18.6 Å². The standard InChI is InChI=1S/C14H25N3O3/c1-4-6-7-12(17(5-2)8-9-18)14(19)15-13-10-11(3)20-16-13/h10,12,18H,4-9H2,1-3H3,(H,15,16,19). The number of amides is 1. The Balaban J connectivity index is 2.71. The normalized spacial score (nSPS) is 12.7. The molecule has 20 heavy (non-hydrogen) atoms. The third kappa shape index (κ3) is 4.94. The van der Waals surface area contributed by atoms with Gasteiger partial charge >= 0.3 is 0 Å². The van der Waals surface area contributed by atoms with Gasteiger partial charge in [-0.3, -0.25) is 9.69 Å². The second-order valence-electron chi connectivity index (χ2n) is 4.82. The third-order valence-electron chi connectivity index (χ3n) is 3.25. The van der Waals surface area contributed by atoms with E-state index in [0.29, 0.717) is 18.1 Å². The number of likely N-dealkylation sites (N-methyl/N-ethyl adjacent to an activating group) is 1. The zero-order valence-corrected chi connectivity index (χ0v) is 12.6. The summed E-state index contributed by atoms with van der Waals surface area (Å²) < 4.78 is 4.94. The van der Waals surface area contributed by atoms with E-state index in [4.69, 9.17) is 9.63 Å². The van der Waals surface area contributed by atoms with Crippen molar-refractivity contribution in [3.8, 4) is 0 Å². The summed E-state index contributed by atoms with van der Waals surface area (Å²) in [5, 5.41) is 15.7. The van der Waals surface area contributed by atoms with Crippen molar-refractivity contribution in [1.29, 1.82) is 0 Å². The van der Waals surface area contributed by atoms with Gasteiger partial charge in [-0.25, -0.2) is 0 Å². The number of nitrogens with zero attached hydrogens (tertiary/aromatic N) is 2. The Morgan fingerprint density at radius 3 is 2.80 bits per heavy atom. The fraction of sp³-hybridized carbons (Fsp3) is 0.714. The number of carbonyl (C=O) groups excluding carboxylic acids is 1. The topological polar surface area (TPSA) is 78.6 Å². The van der Waals surface area contributed by atoms with E-state index in [2.05, 4.69) is 17.4 Å². The summed E-state index contributed by atoms with van der Waals surface area (Å²) in [6.07, 6.45) is 2.77. The fourth-order valence-electron chi connectivity index (χ4n) is 2.17. The van der Waals surface area contributed by atoms with Crippen LogP contribution in [-0.2, 0) is 4.79 Å². The number of unbranched alkanes of at least 4 members (excludes halogenated alkanes) is 1. The van der Waals surface area contributed by atoms with Crippen LogP contribution in [0, 0.1) is 6.92 Å². The molecule has 1 unspecified atom stereocenters. The van der Waals surface area contributed by atoms with Crippen LogP contribution in [0.3, 0.4) is 0 Å². The molecule has 0 aliphatic rings. The molecule has 0 aromatic carbocycles. The molecule has 2 N–H and O–H groups in total. The Bertz CT molecular complexity index is 406. The van der Waals surface area contributed by atoms with Crippen molar-refractivity contribution in [1.82, 2.24) is 10.1 Å². The summed E-state index contributed by atoms with van der Waals surface area (Å²) in [5.41, 5.74) is 0. The molecule has 0 saturated carbocycles. The highest BCUT2D eigenvalue weighted by Gasteiger charge is 2.24. The number of rotatable bonds is 9. The van der Waals surface area contributed by atoms with Crippen LogP contribution in [0.1, 0.15) is 38.9 Å². The number of anilines is 1. The van der Waals surface area contributed by atoms with E-state index in [0.717, 1.165) is 25.8 Å². The molecule has 6 heteroatoms. The third-order valence-corrected chi connectivity index (χ3v) is 3.25. The minimum atomic E-state index is -0.246. The first-order valence-corrected chi connectivity index (χ1v) is 7.21. The molecule has 0 radical (unpaired) electrons. The highest BCUT2D eigenvalue weighted by atomic mass is 16.5. The maximum Gasteiger partial charge on any atom is 0.242 e. The molecule has 1 aromatic rings. The number of aliphatic hydroxyl groups excluding tert-OH is 1. The number of nitrogens with one attached hydrogen (secondary N) is 1. The van der Waals surface area contributed by atoms with Gasteiger partial charge in [-0.1, -0.05) is 31.8 Å². The molecule has 0 spiro atoms. The van der Waals surface area contributed by atoms with E-state index in [1.165, 1.54) is 0 Å². The minimum Gasteiger partial charge on any atom is -0.395 e. The summed E-state index contributed by atoms with van der Waals surface area (Å²) >= 11 is 0. The van der Waals surface area contributed by atoms with E-state index in [1.807, 2.05) is 11.8 Å². The summed E-state index contributed by atoms with van der Waals surface area (Å²) in [5.74, 6) is 1.00. The molecule has 0 bridgehead atoms. The predicted octanol–water partition coefficient (Wildman–Crippen LogP) is 1.79. The average molecular weight is 283 g/mol. The second kappa shape index (κ2) is 8.71. The predicted molar refractivity (Wildman–Crippen MR) is 77.5 cm³/mol. The molecule has 1 amide bonds. The Morgan fingerprint density at radius 2 is 2.30 bits per heavy atom. The first kappa shape index (κ1) is 16.7. The quantitative estimate of drug-likeness (QED) is 0.722. The van der Waals surface area contributed by atoms with Crippen LogP contribution in [0.5, 0.6) is 0 Å². The molecule has 114 valence electrons. The van der Waals surface area contributed by atoms with Gasteiger partial charge in [0, 0.05) is 12.6 Å². The lowest BCUT2D eigenvalue weighted by Gasteiger charge is -2.28. The van der Waals surface area contributed by atoms with Crippen LogP contribution >= 0.6 is 0 Å². The molecule has 1 atom stereocenters. The van der Waals surface area contributed by atoms with Crippen molar-refractivity contribution >= 4 is 11.7 Å². The zero-order chi connectivity index (χ0) is 15.0. The first-order valence-electron chi connectivity index (χ1n) is 7.21. The molecule has 0 aliphatic heterocycles. The molecular formula is C14H25N3O3. The van der Waals surface area contributed by atoms with Gasteiger partial charge < -0.3 is 14.9 Å². The first-order chi connectivity index (χ1) is 9.62. The second-order valence-corrected chi connectivity index (χ2v) is 4.82. The fourth-order valence-corrected chi connectivity index (χ4v) is 2.17. The lowest BCUT2D eigenvalue weighted by atomic mass is 10.1. The van der Waals surface area contributed by atoms with Crippen molar-refractivity contribution in [2.24, 2.45) is 0 Å². The van der Waals surface area contributed by atoms with E-state index in [1.54, 1.807) is 13.0 Å². The van der Waals surface area contributed by atoms with Crippen LogP contribution in [0.15, 0.2) is 10.6 Å². The van der Waals surface area contributed by atoms with E-state index in [9.17, 15) is 4.79 Å². The molecule has 1 rings (SSSR count). The number of aromatic nitrogens is 1. The molecular weight excluding hydrogens is 258 g/mol. The SMILES string of the molecule is CCCCC(C(=O)Nc1cc(C)on1)N(CC)CCO. The van der Waals surface area contributed by atoms with Gasteiger partial charge in [0.25, 0.3) is 0 Å². The van der Waals surface area contributed by atoms with Gasteiger partial charge in [0.05, 0.1) is 12.6 Å². The smallest absolute Gasteiger partial charge is 0.242 e. The summed E-state index contributed by atoms with van der Waals surface area (Å²) in [6, 6.07) is 1.45. The van der Waals surface area contributed by atoms with Crippen molar-refractivity contribution in [3.05, 3.63) is 11.8 Å². The minimum absolute atomic E-state index is 0.0484. The molecule has 1 aromatic heterocycles. The van der Waals surface area contributed by atoms with Gasteiger partial charge in [0.15, 0.2) is 5.82 Å². The zero-order valence-electron chi connectivity index (χ0n) is 12.6. The van der Waals surface area contributed by atoms with Gasteiger partial charge in [0.2, 0.25) is 5.91 Å². The van der Waals surface area contributed by atoms with Crippen LogP contribution < -0.4 is 5.32 Å². The maximum absolute atomic E-state index is 12.4. The Hall–Kier alpha value is -1.40. The van der Waals surface area contributed by atoms with Crippen LogP contribution in [0.25, 0.3) is 0 Å². The number of hydrogen-bond donors (Lipinski definition) is 2. The van der Waals surface area contributed by atoms with E-state index < -0.39 is 0 Å². The Kier molecular flexibility index (Phi) is 7.25. The number of carbonyl (C=O) groups is 1. The monoisotopic (exact) mass is 283 g/mol. The number of aliphatic hydroxyl groups is 1. The van der Waals surface area contributed by atoms with Crippen molar-refractivity contribution in [3.63, 3.8) is 0 Å². The average Bonchev–Trinajstić information content (AvgIpc) is 2.83. The lowest BCUT2D eigenvalue weighted by molar-refractivity contribution is -0.121. The summed E-state index contributed by atoms with van der Waals surface area (Å²) in [6.45, 7) is 7.13. The van der Waals surface area contributed by atoms with Crippen LogP contribution in [-0.4, -0.2) is 46.8 Å². The molecule has 1 heterocycles. The maximum atomic E-state index is 12.4. The molecule has 0 aliphatic carbocycles. The molecule has 0 fully saturated rings. The summed E-state index contributed by atoms with van der Waals surface area (Å²) in [4.78, 5) is 14.4. The largest absolute Gasteiger partial charge is 0.395 e. The summed E-state index contributed by atoms with van der Waals surface area (Å²) in [7, 11) is 0. The number of hydrogen-bond acceptors (Lipinski definition) is 5. The molecule has 6 nitrogen and oxygen atoms in total. The Morgan fingerprint density at radius 1 is 1.55 bits per heavy atom. The highest BCUT2D eigenvalue weighted by Crippen LogP contribution is 2.13. The van der Waals surface area contributed by atoms with Crippen molar-refractivity contribution in [2.45, 2.75) is 46.1 Å². The van der Waals surface area contributed by atoms with Crippen molar-refractivity contribution < 1.29 is 14.4 Å². The van der Waals surface area contributed by atoms with Crippen LogP contribution in [0.4, 0.5) is 5.82 Å². The lowest BCUT2D eigenvalue weighted by Crippen LogP contribution is -2.45.